The Morgan fingerprint density at radius 1 is 0.605 bits per heavy atom. The molecule has 2 atom stereocenters. The molecule has 4 aliphatic rings. The molecule has 5 nitrogen and oxygen atoms in total. The Balaban J connectivity index is 1.08. The van der Waals surface area contributed by atoms with Crippen molar-refractivity contribution in [3.05, 3.63) is 125 Å². The van der Waals surface area contributed by atoms with Crippen LogP contribution in [0.5, 0.6) is 5.75 Å². The van der Waals surface area contributed by atoms with Gasteiger partial charge >= 0.3 is 5.97 Å². The summed E-state index contributed by atoms with van der Waals surface area (Å²) in [6.07, 6.45) is -0.0490. The third kappa shape index (κ3) is 3.42. The Hall–Kier alpha value is -4.51. The van der Waals surface area contributed by atoms with Gasteiger partial charge in [-0.2, -0.15) is 0 Å². The van der Waals surface area contributed by atoms with Gasteiger partial charge in [0.25, 0.3) is 0 Å². The molecular formula is C33H25NO4. The van der Waals surface area contributed by atoms with Crippen LogP contribution in [0, 0.1) is 11.8 Å². The standard InChI is InChI=1S/C33H25NO4/c35-27(38-22-16-14-21(15-17-22)20-8-2-1-3-9-20)18-19-34-32(36)30-28-23-10-4-5-11-24(23)29(31(30)33(34)37)26-13-7-6-12-25(26)28/h1-17,28-31H,18-19H2. The molecule has 2 unspecified atom stereocenters. The fourth-order valence-corrected chi connectivity index (χ4v) is 6.69. The highest BCUT2D eigenvalue weighted by Gasteiger charge is 2.61. The normalized spacial score (nSPS) is 22.6. The van der Waals surface area contributed by atoms with Crippen LogP contribution in [0.2, 0.25) is 0 Å². The summed E-state index contributed by atoms with van der Waals surface area (Å²) in [5.74, 6) is -1.55. The van der Waals surface area contributed by atoms with Crippen LogP contribution >= 0.6 is 0 Å². The first-order chi connectivity index (χ1) is 18.6. The molecule has 2 bridgehead atoms. The van der Waals surface area contributed by atoms with E-state index >= 15 is 0 Å². The fraction of sp³-hybridized carbons (Fsp3) is 0.182. The molecule has 5 heteroatoms. The number of esters is 1. The SMILES string of the molecule is O=C(CCN1C(=O)C2C3c4ccccc4C(c4ccccc43)C2C1=O)Oc1ccc(-c2ccccc2)cc1. The van der Waals surface area contributed by atoms with E-state index in [1.54, 1.807) is 12.1 Å². The van der Waals surface area contributed by atoms with E-state index in [1.807, 2.05) is 66.7 Å². The zero-order valence-corrected chi connectivity index (χ0v) is 20.6. The minimum Gasteiger partial charge on any atom is -0.426 e. The molecule has 1 aliphatic heterocycles. The maximum absolute atomic E-state index is 13.7. The summed E-state index contributed by atoms with van der Waals surface area (Å²) in [6, 6.07) is 33.6. The van der Waals surface area contributed by atoms with E-state index in [0.717, 1.165) is 33.4 Å². The number of nitrogens with zero attached hydrogens (tertiary/aromatic N) is 1. The Labute approximate surface area is 220 Å². The molecule has 4 aromatic carbocycles. The molecule has 0 saturated carbocycles. The van der Waals surface area contributed by atoms with Crippen LogP contribution in [0.1, 0.15) is 40.5 Å². The maximum atomic E-state index is 13.7. The third-order valence-corrected chi connectivity index (χ3v) is 8.27. The van der Waals surface area contributed by atoms with Crippen LogP contribution in [-0.2, 0) is 14.4 Å². The monoisotopic (exact) mass is 499 g/mol. The number of rotatable bonds is 5. The van der Waals surface area contributed by atoms with Crippen LogP contribution in [0.4, 0.5) is 0 Å². The molecule has 8 rings (SSSR count). The zero-order valence-electron chi connectivity index (χ0n) is 20.6. The highest BCUT2D eigenvalue weighted by Crippen LogP contribution is 2.60. The molecule has 1 fully saturated rings. The lowest BCUT2D eigenvalue weighted by Crippen LogP contribution is -2.41. The number of hydrogen-bond donors (Lipinski definition) is 0. The van der Waals surface area contributed by atoms with E-state index in [2.05, 4.69) is 24.3 Å². The number of benzene rings is 4. The van der Waals surface area contributed by atoms with Gasteiger partial charge in [-0.25, -0.2) is 0 Å². The van der Waals surface area contributed by atoms with E-state index in [9.17, 15) is 14.4 Å². The molecule has 2 amide bonds. The Morgan fingerprint density at radius 3 is 1.55 bits per heavy atom. The van der Waals surface area contributed by atoms with Crippen molar-refractivity contribution in [3.8, 4) is 16.9 Å². The average molecular weight is 500 g/mol. The predicted molar refractivity (Wildman–Crippen MR) is 142 cm³/mol. The molecule has 4 aromatic rings. The van der Waals surface area contributed by atoms with Crippen molar-refractivity contribution in [1.29, 1.82) is 0 Å². The van der Waals surface area contributed by atoms with Crippen molar-refractivity contribution in [2.24, 2.45) is 11.8 Å². The lowest BCUT2D eigenvalue weighted by Gasteiger charge is -2.45. The summed E-state index contributed by atoms with van der Waals surface area (Å²) < 4.78 is 5.52. The smallest absolute Gasteiger partial charge is 0.312 e. The Bertz CT molecular complexity index is 1460. The molecule has 3 aliphatic carbocycles. The van der Waals surface area contributed by atoms with Gasteiger partial charge in [-0.3, -0.25) is 19.3 Å². The number of hydrogen-bond acceptors (Lipinski definition) is 4. The quantitative estimate of drug-likeness (QED) is 0.205. The summed E-state index contributed by atoms with van der Waals surface area (Å²) in [5.41, 5.74) is 6.66. The van der Waals surface area contributed by atoms with Crippen LogP contribution in [-0.4, -0.2) is 29.2 Å². The summed E-state index contributed by atoms with van der Waals surface area (Å²) >= 11 is 0. The van der Waals surface area contributed by atoms with Crippen molar-refractivity contribution in [3.63, 3.8) is 0 Å². The van der Waals surface area contributed by atoms with Crippen LogP contribution in [0.25, 0.3) is 11.1 Å². The average Bonchev–Trinajstić information content (AvgIpc) is 3.22. The van der Waals surface area contributed by atoms with E-state index in [4.69, 9.17) is 4.74 Å². The largest absolute Gasteiger partial charge is 0.426 e. The van der Waals surface area contributed by atoms with Crippen molar-refractivity contribution in [2.75, 3.05) is 6.54 Å². The van der Waals surface area contributed by atoms with Gasteiger partial charge in [-0.15, -0.1) is 0 Å². The fourth-order valence-electron chi connectivity index (χ4n) is 6.69. The summed E-state index contributed by atoms with van der Waals surface area (Å²) in [5, 5.41) is 0. The molecule has 0 radical (unpaired) electrons. The number of likely N-dealkylation sites (tertiary alicyclic amines) is 1. The minimum absolute atomic E-state index is 0.0255. The topological polar surface area (TPSA) is 63.7 Å². The number of amides is 2. The zero-order chi connectivity index (χ0) is 25.8. The minimum atomic E-state index is -0.470. The van der Waals surface area contributed by atoms with E-state index in [0.29, 0.717) is 5.75 Å². The van der Waals surface area contributed by atoms with Gasteiger partial charge in [0.05, 0.1) is 18.3 Å². The molecule has 1 saturated heterocycles. The van der Waals surface area contributed by atoms with E-state index in [-0.39, 0.29) is 36.6 Å². The number of imide groups is 1. The molecular weight excluding hydrogens is 474 g/mol. The van der Waals surface area contributed by atoms with Crippen molar-refractivity contribution >= 4 is 17.8 Å². The lowest BCUT2D eigenvalue weighted by molar-refractivity contribution is -0.141. The summed E-state index contributed by atoms with van der Waals surface area (Å²) in [4.78, 5) is 41.3. The van der Waals surface area contributed by atoms with Gasteiger partial charge in [0.1, 0.15) is 5.75 Å². The third-order valence-electron chi connectivity index (χ3n) is 8.27. The first kappa shape index (κ1) is 22.7. The first-order valence-electron chi connectivity index (χ1n) is 13.0. The highest BCUT2D eigenvalue weighted by atomic mass is 16.5. The molecule has 0 N–H and O–H groups in total. The van der Waals surface area contributed by atoms with E-state index in [1.165, 1.54) is 4.90 Å². The van der Waals surface area contributed by atoms with Gasteiger partial charge < -0.3 is 4.74 Å². The number of ether oxygens (including phenoxy) is 1. The molecule has 38 heavy (non-hydrogen) atoms. The van der Waals surface area contributed by atoms with Crippen molar-refractivity contribution < 1.29 is 19.1 Å². The van der Waals surface area contributed by atoms with Crippen LogP contribution in [0.15, 0.2) is 103 Å². The van der Waals surface area contributed by atoms with Crippen molar-refractivity contribution in [1.82, 2.24) is 4.90 Å². The molecule has 0 aromatic heterocycles. The Kier molecular flexibility index (Phi) is 5.25. The molecule has 0 spiro atoms. The van der Waals surface area contributed by atoms with Crippen LogP contribution in [0.3, 0.4) is 0 Å². The van der Waals surface area contributed by atoms with Gasteiger partial charge in [0.2, 0.25) is 11.8 Å². The number of carbonyl (C=O) groups excluding carboxylic acids is 3. The van der Waals surface area contributed by atoms with E-state index < -0.39 is 17.8 Å². The second-order valence-corrected chi connectivity index (χ2v) is 10.2. The maximum Gasteiger partial charge on any atom is 0.312 e. The molecule has 1 heterocycles. The summed E-state index contributed by atoms with van der Waals surface area (Å²) in [7, 11) is 0. The van der Waals surface area contributed by atoms with Gasteiger partial charge in [0, 0.05) is 18.4 Å². The van der Waals surface area contributed by atoms with Gasteiger partial charge in [-0.05, 0) is 45.5 Å². The second-order valence-electron chi connectivity index (χ2n) is 10.2. The highest BCUT2D eigenvalue weighted by molar-refractivity contribution is 6.07. The van der Waals surface area contributed by atoms with Crippen molar-refractivity contribution in [2.45, 2.75) is 18.3 Å². The number of carbonyl (C=O) groups is 3. The second kappa shape index (κ2) is 8.80. The summed E-state index contributed by atoms with van der Waals surface area (Å²) in [6.45, 7) is 0.0255. The van der Waals surface area contributed by atoms with Gasteiger partial charge in [0.15, 0.2) is 0 Å². The first-order valence-corrected chi connectivity index (χ1v) is 13.0. The molecule has 186 valence electrons. The Morgan fingerprint density at radius 2 is 1.05 bits per heavy atom. The predicted octanol–water partition coefficient (Wildman–Crippen LogP) is 5.54. The van der Waals surface area contributed by atoms with Gasteiger partial charge in [-0.1, -0.05) is 91.0 Å². The lowest BCUT2D eigenvalue weighted by atomic mass is 9.55. The van der Waals surface area contributed by atoms with Crippen LogP contribution < -0.4 is 4.74 Å².